The molecule has 1 aliphatic carbocycles. The molecule has 0 unspecified atom stereocenters. The molecular formula is C17H19NO2S. The Balaban J connectivity index is 2.26. The van der Waals surface area contributed by atoms with Gasteiger partial charge in [-0.3, -0.25) is 0 Å². The van der Waals surface area contributed by atoms with Crippen molar-refractivity contribution in [1.29, 1.82) is 0 Å². The van der Waals surface area contributed by atoms with E-state index >= 15 is 0 Å². The van der Waals surface area contributed by atoms with Gasteiger partial charge in [0.25, 0.3) is 0 Å². The molecule has 21 heavy (non-hydrogen) atoms. The van der Waals surface area contributed by atoms with Gasteiger partial charge in [-0.25, -0.2) is 4.79 Å². The highest BCUT2D eigenvalue weighted by Crippen LogP contribution is 2.49. The Morgan fingerprint density at radius 2 is 2.10 bits per heavy atom. The van der Waals surface area contributed by atoms with Crippen LogP contribution in [0.5, 0.6) is 0 Å². The first-order valence-corrected chi connectivity index (χ1v) is 7.95. The molecule has 0 aliphatic heterocycles. The van der Waals surface area contributed by atoms with Crippen LogP contribution in [0.1, 0.15) is 41.6 Å². The molecule has 0 amide bonds. The Morgan fingerprint density at radius 3 is 2.81 bits per heavy atom. The molecule has 1 aromatic heterocycles. The summed E-state index contributed by atoms with van der Waals surface area (Å²) in [5.41, 5.74) is 10.1. The van der Waals surface area contributed by atoms with Crippen LogP contribution in [-0.2, 0) is 16.6 Å². The molecule has 0 saturated heterocycles. The molecule has 3 rings (SSSR count). The van der Waals surface area contributed by atoms with Crippen LogP contribution >= 0.6 is 11.3 Å². The molecule has 0 fully saturated rings. The number of nitrogen functional groups attached to an aromatic ring is 1. The van der Waals surface area contributed by atoms with E-state index in [0.717, 1.165) is 17.5 Å². The third-order valence-electron chi connectivity index (χ3n) is 4.02. The molecule has 110 valence electrons. The second-order valence-corrected chi connectivity index (χ2v) is 7.10. The Labute approximate surface area is 128 Å². The summed E-state index contributed by atoms with van der Waals surface area (Å²) in [5.74, 6) is -0.318. The number of nitrogens with two attached hydrogens (primary N) is 1. The molecular weight excluding hydrogens is 282 g/mol. The first-order chi connectivity index (χ1) is 9.95. The summed E-state index contributed by atoms with van der Waals surface area (Å²) < 4.78 is 5.19. The van der Waals surface area contributed by atoms with Gasteiger partial charge in [-0.2, -0.15) is 0 Å². The van der Waals surface area contributed by atoms with Crippen LogP contribution in [0.15, 0.2) is 24.3 Å². The van der Waals surface area contributed by atoms with Gasteiger partial charge >= 0.3 is 5.97 Å². The molecule has 2 N–H and O–H groups in total. The summed E-state index contributed by atoms with van der Waals surface area (Å²) in [4.78, 5) is 13.5. The first kappa shape index (κ1) is 14.1. The highest BCUT2D eigenvalue weighted by Gasteiger charge is 2.36. The molecule has 4 heteroatoms. The highest BCUT2D eigenvalue weighted by molar-refractivity contribution is 7.17. The van der Waals surface area contributed by atoms with E-state index in [1.165, 1.54) is 21.8 Å². The maximum atomic E-state index is 12.3. The van der Waals surface area contributed by atoms with Crippen LogP contribution in [-0.4, -0.2) is 12.6 Å². The minimum absolute atomic E-state index is 0.0484. The van der Waals surface area contributed by atoms with Crippen molar-refractivity contribution in [1.82, 2.24) is 0 Å². The summed E-state index contributed by atoms with van der Waals surface area (Å²) in [6.45, 7) is 6.63. The maximum absolute atomic E-state index is 12.3. The normalized spacial score (nSPS) is 15.2. The second kappa shape index (κ2) is 4.88. The van der Waals surface area contributed by atoms with Crippen molar-refractivity contribution in [3.63, 3.8) is 0 Å². The average molecular weight is 301 g/mol. The summed E-state index contributed by atoms with van der Waals surface area (Å²) >= 11 is 1.51. The van der Waals surface area contributed by atoms with Gasteiger partial charge in [0.1, 0.15) is 10.6 Å². The number of benzene rings is 1. The number of hydrogen-bond donors (Lipinski definition) is 1. The van der Waals surface area contributed by atoms with E-state index in [2.05, 4.69) is 26.0 Å². The zero-order valence-corrected chi connectivity index (χ0v) is 13.3. The molecule has 1 aliphatic rings. The number of rotatable bonds is 2. The van der Waals surface area contributed by atoms with Gasteiger partial charge in [-0.1, -0.05) is 38.1 Å². The number of carbonyl (C=O) groups is 1. The molecule has 0 radical (unpaired) electrons. The Morgan fingerprint density at radius 1 is 1.38 bits per heavy atom. The van der Waals surface area contributed by atoms with Gasteiger partial charge in [0, 0.05) is 10.4 Å². The number of anilines is 1. The smallest absolute Gasteiger partial charge is 0.341 e. The van der Waals surface area contributed by atoms with Crippen molar-refractivity contribution in [3.8, 4) is 11.1 Å². The number of fused-ring (bicyclic) bond motifs is 3. The molecule has 1 aromatic carbocycles. The van der Waals surface area contributed by atoms with E-state index in [0.29, 0.717) is 17.2 Å². The van der Waals surface area contributed by atoms with E-state index < -0.39 is 0 Å². The summed E-state index contributed by atoms with van der Waals surface area (Å²) in [7, 11) is 0. The first-order valence-electron chi connectivity index (χ1n) is 7.14. The molecule has 2 aromatic rings. The average Bonchev–Trinajstić information content (AvgIpc) is 2.74. The van der Waals surface area contributed by atoms with Crippen LogP contribution in [0.3, 0.4) is 0 Å². The fourth-order valence-corrected chi connectivity index (χ4v) is 4.40. The van der Waals surface area contributed by atoms with Crippen LogP contribution in [0.2, 0.25) is 0 Å². The van der Waals surface area contributed by atoms with Crippen molar-refractivity contribution < 1.29 is 9.53 Å². The number of thiophene rings is 1. The van der Waals surface area contributed by atoms with Crippen LogP contribution < -0.4 is 5.73 Å². The molecule has 0 bridgehead atoms. The fourth-order valence-electron chi connectivity index (χ4n) is 3.10. The molecule has 0 spiro atoms. The summed E-state index contributed by atoms with van der Waals surface area (Å²) in [6, 6.07) is 8.27. The molecule has 3 nitrogen and oxygen atoms in total. The van der Waals surface area contributed by atoms with Crippen LogP contribution in [0.4, 0.5) is 5.00 Å². The van der Waals surface area contributed by atoms with Crippen molar-refractivity contribution in [2.75, 3.05) is 12.3 Å². The minimum Gasteiger partial charge on any atom is -0.462 e. The van der Waals surface area contributed by atoms with Gasteiger partial charge < -0.3 is 10.5 Å². The quantitative estimate of drug-likeness (QED) is 0.853. The van der Waals surface area contributed by atoms with Crippen molar-refractivity contribution in [2.24, 2.45) is 0 Å². The van der Waals surface area contributed by atoms with Gasteiger partial charge in [0.05, 0.1) is 6.61 Å². The van der Waals surface area contributed by atoms with Crippen LogP contribution in [0.25, 0.3) is 11.1 Å². The summed E-state index contributed by atoms with van der Waals surface area (Å²) in [6.07, 6.45) is 0.896. The second-order valence-electron chi connectivity index (χ2n) is 5.97. The number of ether oxygens (including phenoxy) is 1. The number of esters is 1. The molecule has 1 heterocycles. The lowest BCUT2D eigenvalue weighted by Crippen LogP contribution is -2.25. The zero-order chi connectivity index (χ0) is 15.2. The van der Waals surface area contributed by atoms with Gasteiger partial charge in [0.15, 0.2) is 0 Å². The van der Waals surface area contributed by atoms with Gasteiger partial charge in [-0.05, 0) is 29.9 Å². The lowest BCUT2D eigenvalue weighted by molar-refractivity contribution is 0.0529. The Hall–Kier alpha value is -1.81. The van der Waals surface area contributed by atoms with Gasteiger partial charge in [-0.15, -0.1) is 11.3 Å². The van der Waals surface area contributed by atoms with E-state index in [-0.39, 0.29) is 11.4 Å². The Bertz CT molecular complexity index is 716. The highest BCUT2D eigenvalue weighted by atomic mass is 32.1. The third-order valence-corrected chi connectivity index (χ3v) is 5.03. The molecule has 0 atom stereocenters. The van der Waals surface area contributed by atoms with Crippen molar-refractivity contribution >= 4 is 22.3 Å². The van der Waals surface area contributed by atoms with E-state index in [9.17, 15) is 4.79 Å². The zero-order valence-electron chi connectivity index (χ0n) is 12.5. The lowest BCUT2D eigenvalue weighted by atomic mass is 9.72. The largest absolute Gasteiger partial charge is 0.462 e. The maximum Gasteiger partial charge on any atom is 0.341 e. The standard InChI is InChI=1S/C17H19NO2S/c1-4-20-16(19)14-13-10-7-5-6-8-11(10)17(2,3)9-12(13)21-15(14)18/h5-8H,4,9,18H2,1-3H3. The van der Waals surface area contributed by atoms with Crippen LogP contribution in [0, 0.1) is 0 Å². The fraction of sp³-hybridized carbons (Fsp3) is 0.353. The predicted octanol–water partition coefficient (Wildman–Crippen LogP) is 4.01. The van der Waals surface area contributed by atoms with E-state index in [4.69, 9.17) is 10.5 Å². The molecule has 0 saturated carbocycles. The Kier molecular flexibility index (Phi) is 3.29. The number of carbonyl (C=O) groups excluding carboxylic acids is 1. The van der Waals surface area contributed by atoms with E-state index in [1.807, 2.05) is 19.1 Å². The third kappa shape index (κ3) is 2.14. The predicted molar refractivity (Wildman–Crippen MR) is 86.9 cm³/mol. The SMILES string of the molecule is CCOC(=O)c1c(N)sc2c1-c1ccccc1C(C)(C)C2. The topological polar surface area (TPSA) is 52.3 Å². The van der Waals surface area contributed by atoms with Gasteiger partial charge in [0.2, 0.25) is 0 Å². The number of hydrogen-bond acceptors (Lipinski definition) is 4. The monoisotopic (exact) mass is 301 g/mol. The van der Waals surface area contributed by atoms with Crippen molar-refractivity contribution in [3.05, 3.63) is 40.3 Å². The summed E-state index contributed by atoms with van der Waals surface area (Å²) in [5, 5.41) is 0.561. The van der Waals surface area contributed by atoms with Crippen molar-refractivity contribution in [2.45, 2.75) is 32.6 Å². The minimum atomic E-state index is -0.318. The lowest BCUT2D eigenvalue weighted by Gasteiger charge is -2.32. The van der Waals surface area contributed by atoms with E-state index in [1.54, 1.807) is 0 Å².